The first-order valence-electron chi connectivity index (χ1n) is 12.3. The van der Waals surface area contributed by atoms with Crippen molar-refractivity contribution >= 4 is 45.8 Å². The molecule has 10 heteroatoms. The molecule has 0 spiro atoms. The van der Waals surface area contributed by atoms with E-state index in [2.05, 4.69) is 32.2 Å². The number of rotatable bonds is 5. The summed E-state index contributed by atoms with van der Waals surface area (Å²) >= 11 is 1.67. The van der Waals surface area contributed by atoms with Crippen molar-refractivity contribution in [2.45, 2.75) is 37.0 Å². The van der Waals surface area contributed by atoms with E-state index in [0.29, 0.717) is 23.7 Å². The Morgan fingerprint density at radius 1 is 1.10 bits per heavy atom. The maximum atomic E-state index is 11.9. The van der Waals surface area contributed by atoms with Gasteiger partial charge >= 0.3 is 6.09 Å². The predicted octanol–water partition coefficient (Wildman–Crippen LogP) is 6.91. The van der Waals surface area contributed by atoms with E-state index in [-0.39, 0.29) is 27.9 Å². The minimum Gasteiger partial charge on any atom is -0.507 e. The number of allylic oxidation sites excluding steroid dienone is 2. The van der Waals surface area contributed by atoms with E-state index in [1.165, 1.54) is 24.1 Å². The third kappa shape index (κ3) is 6.83. The van der Waals surface area contributed by atoms with Gasteiger partial charge in [-0.15, -0.1) is 0 Å². The summed E-state index contributed by atoms with van der Waals surface area (Å²) in [7, 11) is 1.31. The van der Waals surface area contributed by atoms with Gasteiger partial charge in [0.05, 0.1) is 18.1 Å². The van der Waals surface area contributed by atoms with Crippen LogP contribution in [0.4, 0.5) is 10.7 Å². The number of H-pyrrole nitrogens is 1. The number of aromatic nitrogens is 2. The van der Waals surface area contributed by atoms with E-state index in [0.717, 1.165) is 21.5 Å². The highest BCUT2D eigenvalue weighted by atomic mass is 32.2. The molecule has 0 saturated carbocycles. The van der Waals surface area contributed by atoms with Gasteiger partial charge in [-0.1, -0.05) is 41.6 Å². The summed E-state index contributed by atoms with van der Waals surface area (Å²) in [4.78, 5) is 32.7. The smallest absolute Gasteiger partial charge is 0.413 e. The Kier molecular flexibility index (Phi) is 8.80. The second-order valence-electron chi connectivity index (χ2n) is 9.10. The number of hydrogen-bond acceptors (Lipinski definition) is 8. The number of nitrogens with zero attached hydrogens (tertiary/aromatic N) is 1. The van der Waals surface area contributed by atoms with E-state index < -0.39 is 6.09 Å². The Morgan fingerprint density at radius 3 is 2.55 bits per heavy atom. The van der Waals surface area contributed by atoms with Crippen LogP contribution in [0.3, 0.4) is 0 Å². The molecule has 9 nitrogen and oxygen atoms in total. The molecule has 0 radical (unpaired) electrons. The van der Waals surface area contributed by atoms with Crippen LogP contribution >= 0.6 is 11.8 Å². The van der Waals surface area contributed by atoms with Crippen molar-refractivity contribution in [3.63, 3.8) is 0 Å². The van der Waals surface area contributed by atoms with Crippen molar-refractivity contribution < 1.29 is 24.2 Å². The minimum atomic E-state index is -0.548. The summed E-state index contributed by atoms with van der Waals surface area (Å²) in [5, 5.41) is 22.7. The number of aryl methyl sites for hydroxylation is 1. The van der Waals surface area contributed by atoms with Gasteiger partial charge in [0.2, 0.25) is 5.95 Å². The zero-order valence-corrected chi connectivity index (χ0v) is 23.3. The van der Waals surface area contributed by atoms with Crippen LogP contribution in [0.25, 0.3) is 22.0 Å². The molecule has 0 fully saturated rings. The number of phenolic OH excluding ortho intramolecular Hbond substituents is 2. The Balaban J connectivity index is 0.000000186. The van der Waals surface area contributed by atoms with Crippen molar-refractivity contribution in [2.24, 2.45) is 0 Å². The van der Waals surface area contributed by atoms with E-state index in [9.17, 15) is 19.8 Å². The number of methoxy groups -OCH3 is 1. The molecule has 206 valence electrons. The van der Waals surface area contributed by atoms with Crippen LogP contribution < -0.4 is 10.7 Å². The monoisotopic (exact) mass is 559 g/mol. The fraction of sp³-hybridized carbons (Fsp3) is 0.167. The summed E-state index contributed by atoms with van der Waals surface area (Å²) in [5.41, 5.74) is 2.94. The first kappa shape index (κ1) is 28.3. The molecule has 40 heavy (non-hydrogen) atoms. The molecule has 0 aliphatic rings. The molecule has 4 N–H and O–H groups in total. The van der Waals surface area contributed by atoms with E-state index in [4.69, 9.17) is 4.42 Å². The number of benzene rings is 3. The van der Waals surface area contributed by atoms with E-state index in [1.807, 2.05) is 56.3 Å². The summed E-state index contributed by atoms with van der Waals surface area (Å²) in [5.74, 6) is 0.532. The molecule has 3 aromatic carbocycles. The van der Waals surface area contributed by atoms with Crippen LogP contribution in [-0.4, -0.2) is 33.4 Å². The molecule has 5 rings (SSSR count). The highest BCUT2D eigenvalue weighted by Crippen LogP contribution is 2.35. The van der Waals surface area contributed by atoms with Gasteiger partial charge < -0.3 is 24.4 Å². The molecule has 0 atom stereocenters. The normalized spacial score (nSPS) is 10.6. The number of fused-ring (bicyclic) bond motifs is 2. The number of hydrogen-bond donors (Lipinski definition) is 4. The molecular weight excluding hydrogens is 530 g/mol. The zero-order chi connectivity index (χ0) is 28.8. The van der Waals surface area contributed by atoms with Crippen molar-refractivity contribution in [2.75, 3.05) is 12.4 Å². The molecular formula is C30H29N3O6S. The van der Waals surface area contributed by atoms with Crippen molar-refractivity contribution in [3.05, 3.63) is 93.9 Å². The van der Waals surface area contributed by atoms with Gasteiger partial charge in [-0.3, -0.25) is 10.1 Å². The third-order valence-corrected chi connectivity index (χ3v) is 6.75. The quantitative estimate of drug-likeness (QED) is 0.170. The number of amides is 1. The second-order valence-corrected chi connectivity index (χ2v) is 10.2. The number of ether oxygens (including phenoxy) is 1. The lowest BCUT2D eigenvalue weighted by molar-refractivity contribution is 0.186. The fourth-order valence-corrected chi connectivity index (χ4v) is 4.72. The predicted molar refractivity (Wildman–Crippen MR) is 156 cm³/mol. The standard InChI is InChI=1S/C15H13N3O2S.C15H16O4/c1-20-15(19)18-14-16-12-8-7-11(9-13(12)17-14)21-10-5-3-2-4-6-10;1-8(2)4-5-10-11(16)7-13-14(15(10)18)12(17)6-9(3)19-13/h2-9H,1H3,(H2,16,17,18,19);4,6-7,16,18H,5H2,1-3H3. The van der Waals surface area contributed by atoms with Crippen LogP contribution in [0.2, 0.25) is 0 Å². The van der Waals surface area contributed by atoms with Gasteiger partial charge in [0.1, 0.15) is 28.2 Å². The van der Waals surface area contributed by atoms with Gasteiger partial charge in [-0.2, -0.15) is 0 Å². The highest BCUT2D eigenvalue weighted by Gasteiger charge is 2.16. The Labute approximate surface area is 234 Å². The largest absolute Gasteiger partial charge is 0.507 e. The SMILES string of the molecule is CC(C)=CCc1c(O)cc2oc(C)cc(=O)c2c1O.COC(=O)Nc1nc2ccc(Sc3ccccc3)cc2[nH]1. The first-order chi connectivity index (χ1) is 19.1. The van der Waals surface area contributed by atoms with Gasteiger partial charge in [0.25, 0.3) is 0 Å². The number of aromatic hydroxyl groups is 2. The van der Waals surface area contributed by atoms with Gasteiger partial charge in [0.15, 0.2) is 5.43 Å². The van der Waals surface area contributed by atoms with Crippen molar-refractivity contribution in [1.29, 1.82) is 0 Å². The van der Waals surface area contributed by atoms with E-state index in [1.54, 1.807) is 18.7 Å². The second kappa shape index (κ2) is 12.4. The Bertz CT molecular complexity index is 1750. The Morgan fingerprint density at radius 2 is 1.85 bits per heavy atom. The molecule has 5 aromatic rings. The zero-order valence-electron chi connectivity index (χ0n) is 22.4. The lowest BCUT2D eigenvalue weighted by Gasteiger charge is -2.08. The maximum absolute atomic E-state index is 11.9. The number of aromatic amines is 1. The van der Waals surface area contributed by atoms with E-state index >= 15 is 0 Å². The highest BCUT2D eigenvalue weighted by molar-refractivity contribution is 7.99. The fourth-order valence-electron chi connectivity index (χ4n) is 3.84. The lowest BCUT2D eigenvalue weighted by atomic mass is 10.0. The number of nitrogens with one attached hydrogen (secondary N) is 2. The van der Waals surface area contributed by atoms with Crippen LogP contribution in [-0.2, 0) is 11.2 Å². The Hall–Kier alpha value is -4.70. The molecule has 0 aliphatic carbocycles. The lowest BCUT2D eigenvalue weighted by Crippen LogP contribution is -2.11. The first-order valence-corrected chi connectivity index (χ1v) is 13.2. The summed E-state index contributed by atoms with van der Waals surface area (Å²) in [6.45, 7) is 5.49. The summed E-state index contributed by atoms with van der Waals surface area (Å²) in [6.07, 6.45) is 1.69. The van der Waals surface area contributed by atoms with Crippen LogP contribution in [0.1, 0.15) is 25.2 Å². The van der Waals surface area contributed by atoms with Crippen molar-refractivity contribution in [3.8, 4) is 11.5 Å². The number of carbonyl (C=O) groups excluding carboxylic acids is 1. The van der Waals surface area contributed by atoms with Gasteiger partial charge in [0, 0.05) is 27.5 Å². The van der Waals surface area contributed by atoms with Gasteiger partial charge in [-0.25, -0.2) is 9.78 Å². The molecule has 2 aromatic heterocycles. The molecule has 1 amide bonds. The topological polar surface area (TPSA) is 138 Å². The molecule has 2 heterocycles. The number of carbonyl (C=O) groups is 1. The van der Waals surface area contributed by atoms with Crippen molar-refractivity contribution in [1.82, 2.24) is 9.97 Å². The van der Waals surface area contributed by atoms with Gasteiger partial charge in [-0.05, 0) is 57.5 Å². The average Bonchev–Trinajstić information content (AvgIpc) is 3.30. The van der Waals surface area contributed by atoms with Crippen LogP contribution in [0.5, 0.6) is 11.5 Å². The number of anilines is 1. The van der Waals surface area contributed by atoms with Crippen LogP contribution in [0.15, 0.2) is 91.3 Å². The number of phenols is 2. The molecule has 0 aliphatic heterocycles. The minimum absolute atomic E-state index is 0.0729. The summed E-state index contributed by atoms with van der Waals surface area (Å²) in [6, 6.07) is 18.8. The molecule has 0 unspecified atom stereocenters. The average molecular weight is 560 g/mol. The summed E-state index contributed by atoms with van der Waals surface area (Å²) < 4.78 is 9.89. The maximum Gasteiger partial charge on any atom is 0.413 e. The van der Waals surface area contributed by atoms with Crippen LogP contribution in [0, 0.1) is 6.92 Å². The third-order valence-electron chi connectivity index (χ3n) is 5.75. The molecule has 0 bridgehead atoms. The number of imidazole rings is 1. The molecule has 0 saturated heterocycles.